The smallest absolute Gasteiger partial charge is 0.263 e. The monoisotopic (exact) mass is 358 g/mol. The van der Waals surface area contributed by atoms with E-state index in [0.29, 0.717) is 23.2 Å². The number of nitrogens with two attached hydrogens (primary N) is 1. The van der Waals surface area contributed by atoms with Crippen LogP contribution in [0.4, 0.5) is 5.69 Å². The van der Waals surface area contributed by atoms with Crippen LogP contribution in [0.25, 0.3) is 0 Å². The second-order valence-corrected chi connectivity index (χ2v) is 6.66. The normalized spacial score (nSPS) is 11.6. The van der Waals surface area contributed by atoms with Gasteiger partial charge in [-0.05, 0) is 35.0 Å². The van der Waals surface area contributed by atoms with Crippen molar-refractivity contribution in [2.75, 3.05) is 4.72 Å². The summed E-state index contributed by atoms with van der Waals surface area (Å²) in [6, 6.07) is 3.17. The van der Waals surface area contributed by atoms with Crippen LogP contribution < -0.4 is 10.5 Å². The lowest BCUT2D eigenvalue weighted by molar-refractivity contribution is 0.600. The SMILES string of the molecule is CCn1cc(S(=O)(=O)Nc2ccncc2Br)cc1CN. The first-order chi connectivity index (χ1) is 9.47. The minimum Gasteiger partial charge on any atom is -0.349 e. The molecule has 3 N–H and O–H groups in total. The zero-order valence-electron chi connectivity index (χ0n) is 10.9. The summed E-state index contributed by atoms with van der Waals surface area (Å²) in [4.78, 5) is 4.09. The summed E-state index contributed by atoms with van der Waals surface area (Å²) in [6.07, 6.45) is 4.63. The molecule has 0 aliphatic carbocycles. The van der Waals surface area contributed by atoms with Gasteiger partial charge in [0.2, 0.25) is 0 Å². The van der Waals surface area contributed by atoms with Crippen LogP contribution in [-0.4, -0.2) is 18.0 Å². The molecule has 0 unspecified atom stereocenters. The van der Waals surface area contributed by atoms with Gasteiger partial charge in [0, 0.05) is 37.4 Å². The fourth-order valence-electron chi connectivity index (χ4n) is 1.80. The van der Waals surface area contributed by atoms with Crippen molar-refractivity contribution in [3.8, 4) is 0 Å². The fourth-order valence-corrected chi connectivity index (χ4v) is 3.42. The van der Waals surface area contributed by atoms with E-state index in [0.717, 1.165) is 5.69 Å². The molecule has 0 saturated heterocycles. The van der Waals surface area contributed by atoms with Crippen molar-refractivity contribution in [3.05, 3.63) is 40.9 Å². The lowest BCUT2D eigenvalue weighted by Gasteiger charge is -2.07. The zero-order chi connectivity index (χ0) is 14.8. The standard InChI is InChI=1S/C12H15BrN4O2S/c1-2-17-8-10(5-9(17)6-14)20(18,19)16-12-3-4-15-7-11(12)13/h3-5,7-8H,2,6,14H2,1H3,(H,15,16). The summed E-state index contributed by atoms with van der Waals surface area (Å²) in [5.74, 6) is 0. The molecule has 2 heterocycles. The predicted octanol–water partition coefficient (Wildman–Crippen LogP) is 1.93. The van der Waals surface area contributed by atoms with Gasteiger partial charge in [0.15, 0.2) is 0 Å². The van der Waals surface area contributed by atoms with Crippen molar-refractivity contribution in [1.82, 2.24) is 9.55 Å². The van der Waals surface area contributed by atoms with Crippen LogP contribution in [0, 0.1) is 0 Å². The summed E-state index contributed by atoms with van der Waals surface area (Å²) in [5.41, 5.74) is 6.83. The van der Waals surface area contributed by atoms with Gasteiger partial charge in [-0.3, -0.25) is 9.71 Å². The molecule has 0 fully saturated rings. The average Bonchev–Trinajstić information content (AvgIpc) is 2.85. The molecule has 0 spiro atoms. The topological polar surface area (TPSA) is 90.0 Å². The summed E-state index contributed by atoms with van der Waals surface area (Å²) in [5, 5.41) is 0. The van der Waals surface area contributed by atoms with Gasteiger partial charge in [-0.2, -0.15) is 0 Å². The zero-order valence-corrected chi connectivity index (χ0v) is 13.3. The van der Waals surface area contributed by atoms with Crippen molar-refractivity contribution in [1.29, 1.82) is 0 Å². The first-order valence-electron chi connectivity index (χ1n) is 5.99. The molecular formula is C12H15BrN4O2S. The van der Waals surface area contributed by atoms with E-state index in [1.54, 1.807) is 18.3 Å². The van der Waals surface area contributed by atoms with Crippen molar-refractivity contribution in [2.45, 2.75) is 24.9 Å². The van der Waals surface area contributed by atoms with E-state index >= 15 is 0 Å². The largest absolute Gasteiger partial charge is 0.349 e. The summed E-state index contributed by atoms with van der Waals surface area (Å²) in [7, 11) is -3.64. The Morgan fingerprint density at radius 1 is 1.50 bits per heavy atom. The van der Waals surface area contributed by atoms with Crippen molar-refractivity contribution < 1.29 is 8.42 Å². The Labute approximate surface area is 126 Å². The Kier molecular flexibility index (Phi) is 4.46. The number of halogens is 1. The van der Waals surface area contributed by atoms with Crippen LogP contribution in [0.15, 0.2) is 40.1 Å². The summed E-state index contributed by atoms with van der Waals surface area (Å²) >= 11 is 3.25. The number of nitrogens with one attached hydrogen (secondary N) is 1. The highest BCUT2D eigenvalue weighted by Crippen LogP contribution is 2.24. The molecule has 0 aromatic carbocycles. The lowest BCUT2D eigenvalue weighted by Crippen LogP contribution is -2.12. The number of hydrogen-bond donors (Lipinski definition) is 2. The lowest BCUT2D eigenvalue weighted by atomic mass is 10.4. The molecule has 0 amide bonds. The van der Waals surface area contributed by atoms with Crippen LogP contribution in [0.5, 0.6) is 0 Å². The van der Waals surface area contributed by atoms with E-state index in [-0.39, 0.29) is 4.90 Å². The number of aryl methyl sites for hydroxylation is 1. The molecule has 8 heteroatoms. The quantitative estimate of drug-likeness (QED) is 0.854. The van der Waals surface area contributed by atoms with Gasteiger partial charge in [-0.25, -0.2) is 8.42 Å². The first kappa shape index (κ1) is 15.0. The Bertz CT molecular complexity index is 690. The van der Waals surface area contributed by atoms with E-state index in [1.165, 1.54) is 12.4 Å². The molecule has 0 atom stereocenters. The summed E-state index contributed by atoms with van der Waals surface area (Å²) in [6.45, 7) is 2.89. The van der Waals surface area contributed by atoms with Crippen molar-refractivity contribution in [2.24, 2.45) is 5.73 Å². The number of anilines is 1. The second-order valence-electron chi connectivity index (χ2n) is 4.12. The molecular weight excluding hydrogens is 344 g/mol. The highest BCUT2D eigenvalue weighted by atomic mass is 79.9. The van der Waals surface area contributed by atoms with E-state index < -0.39 is 10.0 Å². The highest BCUT2D eigenvalue weighted by Gasteiger charge is 2.18. The maximum Gasteiger partial charge on any atom is 0.263 e. The van der Waals surface area contributed by atoms with E-state index in [9.17, 15) is 8.42 Å². The molecule has 0 aliphatic heterocycles. The molecule has 2 rings (SSSR count). The van der Waals surface area contributed by atoms with Gasteiger partial charge in [0.25, 0.3) is 10.0 Å². The summed E-state index contributed by atoms with van der Waals surface area (Å²) < 4.78 is 29.6. The highest BCUT2D eigenvalue weighted by molar-refractivity contribution is 9.10. The number of sulfonamides is 1. The molecule has 0 saturated carbocycles. The Morgan fingerprint density at radius 3 is 2.80 bits per heavy atom. The Hall–Kier alpha value is -1.38. The van der Waals surface area contributed by atoms with Gasteiger partial charge < -0.3 is 10.3 Å². The van der Waals surface area contributed by atoms with Crippen molar-refractivity contribution in [3.63, 3.8) is 0 Å². The second kappa shape index (κ2) is 5.94. The third-order valence-corrected chi connectivity index (χ3v) is 4.80. The number of pyridine rings is 1. The number of nitrogens with zero attached hydrogens (tertiary/aromatic N) is 2. The van der Waals surface area contributed by atoms with Gasteiger partial charge in [-0.1, -0.05) is 0 Å². The van der Waals surface area contributed by atoms with E-state index in [4.69, 9.17) is 5.73 Å². The number of rotatable bonds is 5. The van der Waals surface area contributed by atoms with Crippen LogP contribution in [0.2, 0.25) is 0 Å². The fraction of sp³-hybridized carbons (Fsp3) is 0.250. The molecule has 2 aromatic heterocycles. The van der Waals surface area contributed by atoms with Gasteiger partial charge >= 0.3 is 0 Å². The van der Waals surface area contributed by atoms with Crippen molar-refractivity contribution >= 4 is 31.6 Å². The molecule has 6 nitrogen and oxygen atoms in total. The molecule has 20 heavy (non-hydrogen) atoms. The molecule has 2 aromatic rings. The predicted molar refractivity (Wildman–Crippen MR) is 80.7 cm³/mol. The Balaban J connectivity index is 2.36. The van der Waals surface area contributed by atoms with Crippen LogP contribution in [-0.2, 0) is 23.1 Å². The number of aromatic nitrogens is 2. The Morgan fingerprint density at radius 2 is 2.25 bits per heavy atom. The van der Waals surface area contributed by atoms with E-state index in [2.05, 4.69) is 25.6 Å². The minimum atomic E-state index is -3.64. The van der Waals surface area contributed by atoms with E-state index in [1.807, 2.05) is 11.5 Å². The van der Waals surface area contributed by atoms with Gasteiger partial charge in [-0.15, -0.1) is 0 Å². The molecule has 0 bridgehead atoms. The molecule has 0 aliphatic rings. The maximum atomic E-state index is 12.3. The molecule has 108 valence electrons. The average molecular weight is 359 g/mol. The third kappa shape index (κ3) is 3.02. The number of hydrogen-bond acceptors (Lipinski definition) is 4. The molecule has 0 radical (unpaired) electrons. The van der Waals surface area contributed by atoms with Crippen LogP contribution in [0.3, 0.4) is 0 Å². The van der Waals surface area contributed by atoms with Gasteiger partial charge in [0.1, 0.15) is 4.90 Å². The minimum absolute atomic E-state index is 0.198. The van der Waals surface area contributed by atoms with Crippen LogP contribution in [0.1, 0.15) is 12.6 Å². The first-order valence-corrected chi connectivity index (χ1v) is 8.27. The van der Waals surface area contributed by atoms with Crippen LogP contribution >= 0.6 is 15.9 Å². The third-order valence-electron chi connectivity index (χ3n) is 2.84. The maximum absolute atomic E-state index is 12.3. The van der Waals surface area contributed by atoms with Gasteiger partial charge in [0.05, 0.1) is 10.2 Å².